The Hall–Kier alpha value is -2.97. The fraction of sp³-hybridized carbons (Fsp3) is 0.500. The normalized spacial score (nSPS) is 17.7. The lowest BCUT2D eigenvalue weighted by Crippen LogP contribution is -2.33. The molecule has 1 saturated heterocycles. The predicted molar refractivity (Wildman–Crippen MR) is 94.9 cm³/mol. The number of hydrogen-bond donors (Lipinski definition) is 0. The van der Waals surface area contributed by atoms with Gasteiger partial charge in [0.25, 0.3) is 5.69 Å². The van der Waals surface area contributed by atoms with Crippen molar-refractivity contribution in [1.82, 2.24) is 10.1 Å². The summed E-state index contributed by atoms with van der Waals surface area (Å²) < 4.78 is 10.0. The first-order chi connectivity index (χ1) is 13.1. The number of benzene rings is 1. The third-order valence-electron chi connectivity index (χ3n) is 5.19. The van der Waals surface area contributed by atoms with Crippen LogP contribution < -0.4 is 4.90 Å². The zero-order chi connectivity index (χ0) is 19.0. The van der Waals surface area contributed by atoms with Gasteiger partial charge in [-0.05, 0) is 37.8 Å². The van der Waals surface area contributed by atoms with Crippen LogP contribution in [-0.2, 0) is 4.74 Å². The molecule has 1 saturated carbocycles. The van der Waals surface area contributed by atoms with Crippen molar-refractivity contribution in [3.8, 4) is 0 Å². The minimum Gasteiger partial charge on any atom is -0.465 e. The van der Waals surface area contributed by atoms with Crippen LogP contribution in [0.4, 0.5) is 11.4 Å². The van der Waals surface area contributed by atoms with Crippen molar-refractivity contribution in [2.24, 2.45) is 0 Å². The van der Waals surface area contributed by atoms with Crippen LogP contribution in [0.1, 0.15) is 59.6 Å². The van der Waals surface area contributed by atoms with E-state index >= 15 is 0 Å². The minimum absolute atomic E-state index is 0.0330. The van der Waals surface area contributed by atoms with Gasteiger partial charge in [-0.25, -0.2) is 4.79 Å². The van der Waals surface area contributed by atoms with Gasteiger partial charge in [0.15, 0.2) is 5.82 Å². The predicted octanol–water partition coefficient (Wildman–Crippen LogP) is 3.03. The van der Waals surface area contributed by atoms with E-state index in [0.29, 0.717) is 5.92 Å². The van der Waals surface area contributed by atoms with Crippen molar-refractivity contribution in [2.45, 2.75) is 37.5 Å². The average molecular weight is 372 g/mol. The van der Waals surface area contributed by atoms with E-state index in [1.807, 2.05) is 0 Å². The Morgan fingerprint density at radius 3 is 2.63 bits per heavy atom. The number of rotatable bonds is 5. The number of esters is 1. The molecule has 1 aromatic carbocycles. The standard InChI is InChI=1S/C18H20N4O5/c1-26-18(23)14-10-13(4-5-15(14)22(24)25)21-8-6-11(7-9-21)16-19-17(27-20-16)12-2-3-12/h4-5,10-12H,2-3,6-9H2,1H3. The van der Waals surface area contributed by atoms with Crippen LogP contribution in [0.2, 0.25) is 0 Å². The van der Waals surface area contributed by atoms with Crippen molar-refractivity contribution >= 4 is 17.3 Å². The smallest absolute Gasteiger partial charge is 0.344 e. The molecule has 27 heavy (non-hydrogen) atoms. The number of nitro groups is 1. The van der Waals surface area contributed by atoms with Crippen LogP contribution in [0.25, 0.3) is 0 Å². The van der Waals surface area contributed by atoms with Gasteiger partial charge < -0.3 is 14.2 Å². The first-order valence-electron chi connectivity index (χ1n) is 9.02. The summed E-state index contributed by atoms with van der Waals surface area (Å²) in [5.74, 6) is 1.51. The molecule has 1 aliphatic carbocycles. The molecule has 0 N–H and O–H groups in total. The van der Waals surface area contributed by atoms with Gasteiger partial charge in [0.1, 0.15) is 5.56 Å². The highest BCUT2D eigenvalue weighted by Gasteiger charge is 2.32. The minimum atomic E-state index is -0.710. The Morgan fingerprint density at radius 1 is 1.26 bits per heavy atom. The second kappa shape index (κ2) is 6.98. The Kier molecular flexibility index (Phi) is 4.51. The number of piperidine rings is 1. The molecule has 0 unspecified atom stereocenters. The van der Waals surface area contributed by atoms with Crippen LogP contribution in [0.5, 0.6) is 0 Å². The molecule has 0 amide bonds. The van der Waals surface area contributed by atoms with Crippen LogP contribution in [0.15, 0.2) is 22.7 Å². The molecule has 0 radical (unpaired) electrons. The third-order valence-corrected chi connectivity index (χ3v) is 5.19. The monoisotopic (exact) mass is 372 g/mol. The van der Waals surface area contributed by atoms with Gasteiger partial charge in [-0.15, -0.1) is 0 Å². The van der Waals surface area contributed by atoms with Crippen molar-refractivity contribution in [2.75, 3.05) is 25.1 Å². The Labute approximate surface area is 155 Å². The zero-order valence-corrected chi connectivity index (χ0v) is 15.0. The van der Waals surface area contributed by atoms with E-state index in [1.165, 1.54) is 19.2 Å². The summed E-state index contributed by atoms with van der Waals surface area (Å²) in [6, 6.07) is 4.56. The Balaban J connectivity index is 1.47. The van der Waals surface area contributed by atoms with Crippen molar-refractivity contribution in [3.05, 3.63) is 45.6 Å². The lowest BCUT2D eigenvalue weighted by molar-refractivity contribution is -0.385. The first kappa shape index (κ1) is 17.4. The topological polar surface area (TPSA) is 112 Å². The lowest BCUT2D eigenvalue weighted by atomic mass is 9.95. The van der Waals surface area contributed by atoms with E-state index < -0.39 is 10.9 Å². The largest absolute Gasteiger partial charge is 0.465 e. The van der Waals surface area contributed by atoms with Crippen molar-refractivity contribution in [1.29, 1.82) is 0 Å². The molecule has 0 bridgehead atoms. The van der Waals surface area contributed by atoms with E-state index in [4.69, 9.17) is 4.52 Å². The van der Waals surface area contributed by atoms with Gasteiger partial charge in [-0.1, -0.05) is 5.16 Å². The summed E-state index contributed by atoms with van der Waals surface area (Å²) >= 11 is 0. The number of ether oxygens (including phenoxy) is 1. The highest BCUT2D eigenvalue weighted by molar-refractivity contribution is 5.95. The maximum atomic E-state index is 11.9. The van der Waals surface area contributed by atoms with Crippen LogP contribution in [0, 0.1) is 10.1 Å². The summed E-state index contributed by atoms with van der Waals surface area (Å²) in [6.07, 6.45) is 3.97. The molecule has 2 aliphatic rings. The van der Waals surface area contributed by atoms with Gasteiger partial charge in [-0.2, -0.15) is 4.98 Å². The highest BCUT2D eigenvalue weighted by atomic mass is 16.6. The van der Waals surface area contributed by atoms with Crippen LogP contribution >= 0.6 is 0 Å². The number of nitro benzene ring substituents is 1. The summed E-state index contributed by atoms with van der Waals surface area (Å²) in [5, 5.41) is 15.3. The lowest BCUT2D eigenvalue weighted by Gasteiger charge is -2.32. The SMILES string of the molecule is COC(=O)c1cc(N2CCC(c3noc(C4CC4)n3)CC2)ccc1[N+](=O)[O-]. The van der Waals surface area contributed by atoms with Gasteiger partial charge >= 0.3 is 5.97 Å². The summed E-state index contributed by atoms with van der Waals surface area (Å²) in [5.41, 5.74) is 0.487. The molecule has 142 valence electrons. The molecule has 0 atom stereocenters. The summed E-state index contributed by atoms with van der Waals surface area (Å²) in [7, 11) is 1.21. The van der Waals surface area contributed by atoms with Crippen LogP contribution in [0.3, 0.4) is 0 Å². The number of anilines is 1. The van der Waals surface area contributed by atoms with E-state index in [0.717, 1.165) is 56.2 Å². The van der Waals surface area contributed by atoms with Gasteiger partial charge in [0.2, 0.25) is 5.89 Å². The number of methoxy groups -OCH3 is 1. The Morgan fingerprint density at radius 2 is 2.00 bits per heavy atom. The van der Waals surface area contributed by atoms with Gasteiger partial charge in [0, 0.05) is 36.7 Å². The van der Waals surface area contributed by atoms with Gasteiger partial charge in [0.05, 0.1) is 12.0 Å². The number of carbonyl (C=O) groups is 1. The second-order valence-electron chi connectivity index (χ2n) is 6.98. The van der Waals surface area contributed by atoms with E-state index in [2.05, 4.69) is 19.8 Å². The molecule has 0 spiro atoms. The molecule has 2 heterocycles. The Bertz CT molecular complexity index is 868. The van der Waals surface area contributed by atoms with E-state index in [-0.39, 0.29) is 17.2 Å². The molecule has 2 aromatic rings. The molecule has 2 fully saturated rings. The zero-order valence-electron chi connectivity index (χ0n) is 15.0. The highest BCUT2D eigenvalue weighted by Crippen LogP contribution is 2.40. The maximum absolute atomic E-state index is 11.9. The number of hydrogen-bond acceptors (Lipinski definition) is 8. The van der Waals surface area contributed by atoms with E-state index in [9.17, 15) is 14.9 Å². The van der Waals surface area contributed by atoms with E-state index in [1.54, 1.807) is 6.07 Å². The summed E-state index contributed by atoms with van der Waals surface area (Å²) in [4.78, 5) is 29.1. The fourth-order valence-corrected chi connectivity index (χ4v) is 3.46. The number of carbonyl (C=O) groups excluding carboxylic acids is 1. The second-order valence-corrected chi connectivity index (χ2v) is 6.98. The molecular weight excluding hydrogens is 352 g/mol. The third kappa shape index (κ3) is 3.49. The van der Waals surface area contributed by atoms with Gasteiger partial charge in [-0.3, -0.25) is 10.1 Å². The molecular formula is C18H20N4O5. The maximum Gasteiger partial charge on any atom is 0.344 e. The first-order valence-corrected chi connectivity index (χ1v) is 9.02. The fourth-order valence-electron chi connectivity index (χ4n) is 3.46. The van der Waals surface area contributed by atoms with Crippen molar-refractivity contribution in [3.63, 3.8) is 0 Å². The molecule has 1 aromatic heterocycles. The number of nitrogens with zero attached hydrogens (tertiary/aromatic N) is 4. The quantitative estimate of drug-likeness (QED) is 0.447. The summed E-state index contributed by atoms with van der Waals surface area (Å²) in [6.45, 7) is 1.49. The number of aromatic nitrogens is 2. The van der Waals surface area contributed by atoms with Crippen LogP contribution in [-0.4, -0.2) is 41.2 Å². The molecule has 9 nitrogen and oxygen atoms in total. The average Bonchev–Trinajstić information content (AvgIpc) is 3.43. The molecule has 9 heteroatoms. The van der Waals surface area contributed by atoms with Crippen molar-refractivity contribution < 1.29 is 19.0 Å². The molecule has 1 aliphatic heterocycles. The molecule has 4 rings (SSSR count).